The van der Waals surface area contributed by atoms with Gasteiger partial charge in [0.1, 0.15) is 12.6 Å². The Kier molecular flexibility index (Phi) is 43.0. The minimum Gasteiger partial charge on any atom is -0.480 e. The molecule has 0 aromatic rings. The van der Waals surface area contributed by atoms with Gasteiger partial charge in [-0.3, -0.25) is 23.4 Å². The molecule has 0 saturated carbocycles. The highest BCUT2D eigenvalue weighted by Gasteiger charge is 2.28. The van der Waals surface area contributed by atoms with Crippen molar-refractivity contribution in [2.24, 2.45) is 5.73 Å². The maximum atomic E-state index is 12.7. The number of carbonyl (C=O) groups is 3. The molecule has 12 heteroatoms. The summed E-state index contributed by atoms with van der Waals surface area (Å²) in [6.45, 7) is 2.87. The van der Waals surface area contributed by atoms with E-state index in [9.17, 15) is 23.8 Å². The van der Waals surface area contributed by atoms with E-state index in [1.807, 2.05) is 0 Å². The number of carboxylic acid groups (broad SMARTS) is 1. The number of rotatable bonds is 48. The lowest BCUT2D eigenvalue weighted by Crippen LogP contribution is -2.34. The zero-order chi connectivity index (χ0) is 44.2. The van der Waals surface area contributed by atoms with Crippen LogP contribution < -0.4 is 5.73 Å². The molecule has 0 fully saturated rings. The summed E-state index contributed by atoms with van der Waals surface area (Å²) >= 11 is 0. The second-order valence-corrected chi connectivity index (χ2v) is 18.8. The number of unbranched alkanes of at least 4 members (excludes halogenated alkanes) is 34. The number of hydrogen-bond acceptors (Lipinski definition) is 9. The van der Waals surface area contributed by atoms with E-state index >= 15 is 0 Å². The Balaban J connectivity index is 4.21. The Bertz CT molecular complexity index is 1030. The van der Waals surface area contributed by atoms with Gasteiger partial charge in [-0.1, -0.05) is 232 Å². The highest BCUT2D eigenvalue weighted by atomic mass is 31.2. The third-order valence-electron chi connectivity index (χ3n) is 11.4. The first kappa shape index (κ1) is 58.5. The molecule has 0 aliphatic rings. The number of aliphatic carboxylic acids is 1. The Hall–Kier alpha value is -1.52. The molecule has 0 spiro atoms. The fourth-order valence-corrected chi connectivity index (χ4v) is 8.20. The summed E-state index contributed by atoms with van der Waals surface area (Å²) in [5.41, 5.74) is 5.35. The second-order valence-electron chi connectivity index (χ2n) is 17.3. The second kappa shape index (κ2) is 44.1. The third kappa shape index (κ3) is 43.1. The number of phosphoric acid groups is 1. The van der Waals surface area contributed by atoms with Crippen molar-refractivity contribution in [3.05, 3.63) is 0 Å². The van der Waals surface area contributed by atoms with Crippen LogP contribution in [0.15, 0.2) is 0 Å². The lowest BCUT2D eigenvalue weighted by molar-refractivity contribution is -0.161. The van der Waals surface area contributed by atoms with Crippen LogP contribution in [0.5, 0.6) is 0 Å². The summed E-state index contributed by atoms with van der Waals surface area (Å²) < 4.78 is 32.8. The lowest BCUT2D eigenvalue weighted by atomic mass is 10.0. The number of carboxylic acids is 1. The summed E-state index contributed by atoms with van der Waals surface area (Å²) in [6.07, 6.45) is 44.5. The fraction of sp³-hybridized carbons (Fsp3) is 0.938. The quantitative estimate of drug-likeness (QED) is 0.0302. The predicted molar refractivity (Wildman–Crippen MR) is 245 cm³/mol. The standard InChI is InChI=1S/C48H94NO10P/c1-3-5-7-9-11-13-15-17-19-21-23-25-27-29-31-33-35-37-39-46(50)56-41-44(42-57-60(54,55)58-43-45(49)48(52)53)59-47(51)40-38-36-34-32-30-28-26-24-22-20-18-16-14-12-10-8-6-4-2/h44-45H,3-43,49H2,1-2H3,(H,52,53)(H,54,55)/t44-,45+/m1/s1. The number of esters is 2. The molecular weight excluding hydrogens is 781 g/mol. The molecule has 4 N–H and O–H groups in total. The van der Waals surface area contributed by atoms with Gasteiger partial charge in [0.25, 0.3) is 0 Å². The number of ether oxygens (including phenoxy) is 2. The van der Waals surface area contributed by atoms with E-state index in [4.69, 9.17) is 24.8 Å². The minimum absolute atomic E-state index is 0.170. The average molecular weight is 876 g/mol. The Labute approximate surface area is 367 Å². The van der Waals surface area contributed by atoms with Crippen molar-refractivity contribution in [1.29, 1.82) is 0 Å². The maximum Gasteiger partial charge on any atom is 0.472 e. The molecule has 0 aliphatic carbocycles. The molecule has 60 heavy (non-hydrogen) atoms. The van der Waals surface area contributed by atoms with E-state index in [1.165, 1.54) is 180 Å². The highest BCUT2D eigenvalue weighted by molar-refractivity contribution is 7.47. The van der Waals surface area contributed by atoms with Crippen molar-refractivity contribution < 1.29 is 47.5 Å². The van der Waals surface area contributed by atoms with Gasteiger partial charge in [0, 0.05) is 12.8 Å². The zero-order valence-corrected chi connectivity index (χ0v) is 39.7. The topological polar surface area (TPSA) is 172 Å². The highest BCUT2D eigenvalue weighted by Crippen LogP contribution is 2.43. The first-order chi connectivity index (χ1) is 29.1. The van der Waals surface area contributed by atoms with Crippen LogP contribution >= 0.6 is 7.82 Å². The molecule has 0 aliphatic heterocycles. The van der Waals surface area contributed by atoms with Gasteiger partial charge < -0.3 is 25.2 Å². The van der Waals surface area contributed by atoms with Crippen molar-refractivity contribution in [2.75, 3.05) is 19.8 Å². The number of phosphoric ester groups is 1. The molecule has 11 nitrogen and oxygen atoms in total. The van der Waals surface area contributed by atoms with Crippen molar-refractivity contribution >= 4 is 25.7 Å². The van der Waals surface area contributed by atoms with Gasteiger partial charge >= 0.3 is 25.7 Å². The third-order valence-corrected chi connectivity index (χ3v) is 12.3. The van der Waals surface area contributed by atoms with E-state index in [-0.39, 0.29) is 19.4 Å². The van der Waals surface area contributed by atoms with E-state index in [0.29, 0.717) is 12.8 Å². The minimum atomic E-state index is -4.71. The molecule has 0 rings (SSSR count). The van der Waals surface area contributed by atoms with Crippen molar-refractivity contribution in [3.63, 3.8) is 0 Å². The number of hydrogen-bond donors (Lipinski definition) is 3. The summed E-state index contributed by atoms with van der Waals surface area (Å²) in [5, 5.41) is 8.91. The molecule has 0 radical (unpaired) electrons. The molecule has 3 atom stereocenters. The first-order valence-electron chi connectivity index (χ1n) is 25.1. The van der Waals surface area contributed by atoms with Crippen LogP contribution in [0.2, 0.25) is 0 Å². The van der Waals surface area contributed by atoms with Gasteiger partial charge in [-0.25, -0.2) is 4.57 Å². The van der Waals surface area contributed by atoms with E-state index in [1.54, 1.807) is 0 Å². The average Bonchev–Trinajstić information content (AvgIpc) is 3.22. The Morgan fingerprint density at radius 3 is 1.05 bits per heavy atom. The molecule has 0 heterocycles. The van der Waals surface area contributed by atoms with Gasteiger partial charge in [-0.2, -0.15) is 0 Å². The maximum absolute atomic E-state index is 12.7. The van der Waals surface area contributed by atoms with E-state index < -0.39 is 51.1 Å². The van der Waals surface area contributed by atoms with Crippen LogP contribution in [0.25, 0.3) is 0 Å². The molecule has 0 saturated heterocycles. The lowest BCUT2D eigenvalue weighted by Gasteiger charge is -2.20. The van der Waals surface area contributed by atoms with E-state index in [2.05, 4.69) is 18.4 Å². The molecular formula is C48H94NO10P. The molecule has 0 bridgehead atoms. The van der Waals surface area contributed by atoms with Gasteiger partial charge in [0.05, 0.1) is 13.2 Å². The largest absolute Gasteiger partial charge is 0.480 e. The van der Waals surface area contributed by atoms with Crippen molar-refractivity contribution in [3.8, 4) is 0 Å². The molecule has 356 valence electrons. The monoisotopic (exact) mass is 876 g/mol. The molecule has 0 aromatic heterocycles. The van der Waals surface area contributed by atoms with Crippen LogP contribution in [0.3, 0.4) is 0 Å². The smallest absolute Gasteiger partial charge is 0.472 e. The first-order valence-corrected chi connectivity index (χ1v) is 26.6. The normalized spacial score (nSPS) is 13.5. The van der Waals surface area contributed by atoms with E-state index in [0.717, 1.165) is 38.5 Å². The number of carbonyl (C=O) groups excluding carboxylic acids is 2. The van der Waals surface area contributed by atoms with Crippen LogP contribution in [-0.4, -0.2) is 59.9 Å². The van der Waals surface area contributed by atoms with Gasteiger partial charge in [0.2, 0.25) is 0 Å². The fourth-order valence-electron chi connectivity index (χ4n) is 7.42. The summed E-state index contributed by atoms with van der Waals surface area (Å²) in [6, 6.07) is -1.52. The molecule has 0 aromatic carbocycles. The van der Waals surface area contributed by atoms with Crippen LogP contribution in [-0.2, 0) is 37.5 Å². The van der Waals surface area contributed by atoms with Gasteiger partial charge in [-0.15, -0.1) is 0 Å². The summed E-state index contributed by atoms with van der Waals surface area (Å²) in [4.78, 5) is 46.1. The SMILES string of the molecule is CCCCCCCCCCCCCCCCCCCCC(=O)OC[C@H](COP(=O)(O)OC[C@H](N)C(=O)O)OC(=O)CCCCCCCCCCCCCCCCCCCC. The van der Waals surface area contributed by atoms with Gasteiger partial charge in [0.15, 0.2) is 6.10 Å². The Morgan fingerprint density at radius 2 is 0.733 bits per heavy atom. The van der Waals surface area contributed by atoms with Crippen molar-refractivity contribution in [2.45, 2.75) is 270 Å². The Morgan fingerprint density at radius 1 is 0.450 bits per heavy atom. The summed E-state index contributed by atoms with van der Waals surface area (Å²) in [5.74, 6) is -2.35. The summed E-state index contributed by atoms with van der Waals surface area (Å²) in [7, 11) is -4.71. The van der Waals surface area contributed by atoms with Crippen LogP contribution in [0.1, 0.15) is 258 Å². The van der Waals surface area contributed by atoms with Gasteiger partial charge in [-0.05, 0) is 12.8 Å². The van der Waals surface area contributed by atoms with Crippen molar-refractivity contribution in [1.82, 2.24) is 0 Å². The molecule has 1 unspecified atom stereocenters. The molecule has 0 amide bonds. The predicted octanol–water partition coefficient (Wildman–Crippen LogP) is 13.9. The van der Waals surface area contributed by atoms with Crippen LogP contribution in [0.4, 0.5) is 0 Å². The zero-order valence-electron chi connectivity index (χ0n) is 38.8. The van der Waals surface area contributed by atoms with Crippen LogP contribution in [0, 0.1) is 0 Å². The number of nitrogens with two attached hydrogens (primary N) is 1.